The number of anilines is 1. The van der Waals surface area contributed by atoms with Crippen molar-refractivity contribution in [1.82, 2.24) is 9.55 Å². The van der Waals surface area contributed by atoms with Crippen LogP contribution in [0.4, 0.5) is 5.69 Å². The molecule has 0 amide bonds. The number of rotatable bonds is 4. The molecule has 0 saturated carbocycles. The zero-order valence-corrected chi connectivity index (χ0v) is 9.72. The lowest BCUT2D eigenvalue weighted by Crippen LogP contribution is -2.08. The highest BCUT2D eigenvalue weighted by molar-refractivity contribution is 5.47. The van der Waals surface area contributed by atoms with Gasteiger partial charge in [0.15, 0.2) is 0 Å². The summed E-state index contributed by atoms with van der Waals surface area (Å²) in [5, 5.41) is 12.0. The predicted molar refractivity (Wildman–Crippen MR) is 66.6 cm³/mol. The van der Waals surface area contributed by atoms with Gasteiger partial charge in [0.2, 0.25) is 0 Å². The highest BCUT2D eigenvalue weighted by Gasteiger charge is 1.98. The average molecular weight is 226 g/mol. The molecule has 0 radical (unpaired) electrons. The highest BCUT2D eigenvalue weighted by Crippen LogP contribution is 2.08. The van der Waals surface area contributed by atoms with Gasteiger partial charge in [0.05, 0.1) is 11.6 Å². The van der Waals surface area contributed by atoms with Gasteiger partial charge >= 0.3 is 0 Å². The smallest absolute Gasteiger partial charge is 0.110 e. The molecule has 1 aromatic heterocycles. The van der Waals surface area contributed by atoms with E-state index < -0.39 is 0 Å². The fourth-order valence-corrected chi connectivity index (χ4v) is 1.62. The van der Waals surface area contributed by atoms with Gasteiger partial charge in [-0.1, -0.05) is 0 Å². The van der Waals surface area contributed by atoms with E-state index in [0.717, 1.165) is 24.5 Å². The Balaban J connectivity index is 1.86. The third kappa shape index (κ3) is 2.85. The van der Waals surface area contributed by atoms with Crippen molar-refractivity contribution in [3.63, 3.8) is 0 Å². The number of imidazole rings is 1. The van der Waals surface area contributed by atoms with Gasteiger partial charge in [-0.15, -0.1) is 0 Å². The molecule has 0 unspecified atom stereocenters. The topological polar surface area (TPSA) is 53.6 Å². The van der Waals surface area contributed by atoms with E-state index in [1.807, 2.05) is 42.1 Å². The predicted octanol–water partition coefficient (Wildman–Crippen LogP) is 1.95. The minimum atomic E-state index is 0.680. The maximum absolute atomic E-state index is 8.68. The van der Waals surface area contributed by atoms with Gasteiger partial charge in [-0.25, -0.2) is 4.98 Å². The molecule has 0 bridgehead atoms. The molecule has 0 atom stereocenters. The van der Waals surface area contributed by atoms with Gasteiger partial charge in [0, 0.05) is 38.1 Å². The number of aryl methyl sites for hydroxylation is 1. The summed E-state index contributed by atoms with van der Waals surface area (Å²) in [6.07, 6.45) is 4.62. The van der Waals surface area contributed by atoms with E-state index in [1.165, 1.54) is 0 Å². The Labute approximate surface area is 101 Å². The second-order valence-corrected chi connectivity index (χ2v) is 3.82. The van der Waals surface area contributed by atoms with Crippen molar-refractivity contribution in [2.75, 3.05) is 11.9 Å². The maximum atomic E-state index is 8.68. The summed E-state index contributed by atoms with van der Waals surface area (Å²) in [7, 11) is 1.99. The van der Waals surface area contributed by atoms with E-state index in [9.17, 15) is 0 Å². The molecule has 86 valence electrons. The summed E-state index contributed by atoms with van der Waals surface area (Å²) < 4.78 is 2.01. The largest absolute Gasteiger partial charge is 0.385 e. The fraction of sp³-hybridized carbons (Fsp3) is 0.231. The SMILES string of the molecule is Cn1ccnc1CCNc1ccc(C#N)cc1. The number of nitrogens with zero attached hydrogens (tertiary/aromatic N) is 3. The Morgan fingerprint density at radius 2 is 2.12 bits per heavy atom. The standard InChI is InChI=1S/C13H14N4/c1-17-9-8-16-13(17)6-7-15-12-4-2-11(10-14)3-5-12/h2-5,8-9,15H,6-7H2,1H3. The van der Waals surface area contributed by atoms with Crippen LogP contribution in [0.15, 0.2) is 36.7 Å². The van der Waals surface area contributed by atoms with Crippen LogP contribution in [0.2, 0.25) is 0 Å². The molecule has 1 N–H and O–H groups in total. The van der Waals surface area contributed by atoms with Crippen LogP contribution in [0.5, 0.6) is 0 Å². The van der Waals surface area contributed by atoms with Gasteiger partial charge in [0.1, 0.15) is 5.82 Å². The fourth-order valence-electron chi connectivity index (χ4n) is 1.62. The third-order valence-corrected chi connectivity index (χ3v) is 2.61. The van der Waals surface area contributed by atoms with Crippen LogP contribution < -0.4 is 5.32 Å². The van der Waals surface area contributed by atoms with Crippen LogP contribution in [0.1, 0.15) is 11.4 Å². The quantitative estimate of drug-likeness (QED) is 0.866. The van der Waals surface area contributed by atoms with Crippen molar-refractivity contribution in [2.45, 2.75) is 6.42 Å². The molecule has 2 rings (SSSR count). The normalized spacial score (nSPS) is 9.88. The van der Waals surface area contributed by atoms with Crippen molar-refractivity contribution in [2.24, 2.45) is 7.05 Å². The molecular weight excluding hydrogens is 212 g/mol. The summed E-state index contributed by atoms with van der Waals surface area (Å²) >= 11 is 0. The molecule has 0 aliphatic rings. The van der Waals surface area contributed by atoms with E-state index in [4.69, 9.17) is 5.26 Å². The average Bonchev–Trinajstić information content (AvgIpc) is 2.76. The Kier molecular flexibility index (Phi) is 3.41. The van der Waals surface area contributed by atoms with E-state index >= 15 is 0 Å². The van der Waals surface area contributed by atoms with Crippen LogP contribution in [-0.4, -0.2) is 16.1 Å². The number of benzene rings is 1. The molecule has 4 heteroatoms. The van der Waals surface area contributed by atoms with Crippen LogP contribution in [0.3, 0.4) is 0 Å². The van der Waals surface area contributed by atoms with Crippen LogP contribution in [0, 0.1) is 11.3 Å². The summed E-state index contributed by atoms with van der Waals surface area (Å²) in [4.78, 5) is 4.25. The van der Waals surface area contributed by atoms with Crippen molar-refractivity contribution < 1.29 is 0 Å². The first-order valence-corrected chi connectivity index (χ1v) is 5.50. The molecular formula is C13H14N4. The summed E-state index contributed by atoms with van der Waals surface area (Å²) in [5.74, 6) is 1.06. The summed E-state index contributed by atoms with van der Waals surface area (Å²) in [5.41, 5.74) is 1.71. The zero-order chi connectivity index (χ0) is 12.1. The lowest BCUT2D eigenvalue weighted by Gasteiger charge is -2.06. The molecule has 1 aromatic carbocycles. The van der Waals surface area contributed by atoms with Crippen molar-refractivity contribution in [1.29, 1.82) is 5.26 Å². The van der Waals surface area contributed by atoms with Gasteiger partial charge in [-0.05, 0) is 24.3 Å². The van der Waals surface area contributed by atoms with Gasteiger partial charge in [-0.3, -0.25) is 0 Å². The minimum Gasteiger partial charge on any atom is -0.385 e. The van der Waals surface area contributed by atoms with E-state index in [0.29, 0.717) is 5.56 Å². The van der Waals surface area contributed by atoms with Crippen LogP contribution >= 0.6 is 0 Å². The molecule has 17 heavy (non-hydrogen) atoms. The highest BCUT2D eigenvalue weighted by atomic mass is 15.0. The number of aromatic nitrogens is 2. The Morgan fingerprint density at radius 1 is 1.35 bits per heavy atom. The van der Waals surface area contributed by atoms with Crippen LogP contribution in [-0.2, 0) is 13.5 Å². The number of nitriles is 1. The first-order valence-electron chi connectivity index (χ1n) is 5.50. The van der Waals surface area contributed by atoms with Crippen molar-refractivity contribution in [3.05, 3.63) is 48.0 Å². The molecule has 1 heterocycles. The lowest BCUT2D eigenvalue weighted by molar-refractivity contribution is 0.790. The molecule has 0 aliphatic heterocycles. The lowest BCUT2D eigenvalue weighted by atomic mass is 10.2. The Morgan fingerprint density at radius 3 is 2.71 bits per heavy atom. The van der Waals surface area contributed by atoms with E-state index in [-0.39, 0.29) is 0 Å². The minimum absolute atomic E-state index is 0.680. The molecule has 2 aromatic rings. The molecule has 4 nitrogen and oxygen atoms in total. The van der Waals surface area contributed by atoms with Gasteiger partial charge in [-0.2, -0.15) is 5.26 Å². The monoisotopic (exact) mass is 226 g/mol. The van der Waals surface area contributed by atoms with Crippen molar-refractivity contribution >= 4 is 5.69 Å². The van der Waals surface area contributed by atoms with Gasteiger partial charge in [0.25, 0.3) is 0 Å². The van der Waals surface area contributed by atoms with Crippen molar-refractivity contribution in [3.8, 4) is 6.07 Å². The third-order valence-electron chi connectivity index (χ3n) is 2.61. The summed E-state index contributed by atoms with van der Waals surface area (Å²) in [6, 6.07) is 9.54. The first-order chi connectivity index (χ1) is 8.29. The maximum Gasteiger partial charge on any atom is 0.110 e. The van der Waals surface area contributed by atoms with Gasteiger partial charge < -0.3 is 9.88 Å². The number of nitrogens with one attached hydrogen (secondary N) is 1. The van der Waals surface area contributed by atoms with E-state index in [2.05, 4.69) is 16.4 Å². The molecule has 0 spiro atoms. The zero-order valence-electron chi connectivity index (χ0n) is 9.72. The molecule has 0 aliphatic carbocycles. The van der Waals surface area contributed by atoms with Crippen LogP contribution in [0.25, 0.3) is 0 Å². The number of hydrogen-bond acceptors (Lipinski definition) is 3. The Bertz CT molecular complexity index is 519. The second-order valence-electron chi connectivity index (χ2n) is 3.82. The molecule has 0 saturated heterocycles. The second kappa shape index (κ2) is 5.17. The number of hydrogen-bond donors (Lipinski definition) is 1. The molecule has 0 fully saturated rings. The summed E-state index contributed by atoms with van der Waals surface area (Å²) in [6.45, 7) is 0.830. The first kappa shape index (κ1) is 11.2. The van der Waals surface area contributed by atoms with E-state index in [1.54, 1.807) is 6.20 Å². The Hall–Kier alpha value is -2.28.